The van der Waals surface area contributed by atoms with E-state index in [0.29, 0.717) is 4.88 Å². The Bertz CT molecular complexity index is 323. The lowest BCUT2D eigenvalue weighted by Crippen LogP contribution is -2.32. The Hall–Kier alpha value is -0.850. The first kappa shape index (κ1) is 11.2. The second kappa shape index (κ2) is 5.14. The fourth-order valence-corrected chi connectivity index (χ4v) is 2.26. The molecule has 1 rings (SSSR count). The van der Waals surface area contributed by atoms with E-state index in [2.05, 4.69) is 0 Å². The maximum absolute atomic E-state index is 11.4. The smallest absolute Gasteiger partial charge is 0.321 e. The number of carbonyl (C=O) groups is 2. The third-order valence-corrected chi connectivity index (χ3v) is 3.44. The van der Waals surface area contributed by atoms with Crippen molar-refractivity contribution < 1.29 is 14.7 Å². The van der Waals surface area contributed by atoms with Crippen LogP contribution in [0.5, 0.6) is 0 Å². The van der Waals surface area contributed by atoms with Gasteiger partial charge in [0.25, 0.3) is 0 Å². The minimum Gasteiger partial charge on any atom is -0.480 e. The highest BCUT2D eigenvalue weighted by Gasteiger charge is 2.15. The van der Waals surface area contributed by atoms with Crippen LogP contribution in [0, 0.1) is 0 Å². The summed E-state index contributed by atoms with van der Waals surface area (Å²) in [5, 5.41) is 10.1. The van der Waals surface area contributed by atoms with Gasteiger partial charge in [-0.1, -0.05) is 17.8 Å². The SMILES string of the molecule is NC(CSC(=O)c1cccs1)C(=O)O. The third-order valence-electron chi connectivity index (χ3n) is 1.43. The molecule has 0 fully saturated rings. The summed E-state index contributed by atoms with van der Waals surface area (Å²) in [6.07, 6.45) is 0. The van der Waals surface area contributed by atoms with E-state index in [1.54, 1.807) is 17.5 Å². The molecule has 1 unspecified atom stereocenters. The number of hydrogen-bond acceptors (Lipinski definition) is 5. The zero-order valence-corrected chi connectivity index (χ0v) is 8.81. The van der Waals surface area contributed by atoms with Crippen molar-refractivity contribution in [2.45, 2.75) is 6.04 Å². The molecule has 0 aliphatic rings. The lowest BCUT2D eigenvalue weighted by atomic mass is 10.4. The second-order valence-corrected chi connectivity index (χ2v) is 4.46. The van der Waals surface area contributed by atoms with Crippen molar-refractivity contribution in [2.24, 2.45) is 5.73 Å². The molecule has 14 heavy (non-hydrogen) atoms. The molecule has 0 aliphatic heterocycles. The number of thioether (sulfide) groups is 1. The molecule has 0 spiro atoms. The summed E-state index contributed by atoms with van der Waals surface area (Å²) in [5.74, 6) is -0.983. The number of carbonyl (C=O) groups excluding carboxylic acids is 1. The first-order valence-electron chi connectivity index (χ1n) is 3.80. The zero-order valence-electron chi connectivity index (χ0n) is 7.17. The maximum atomic E-state index is 11.4. The molecule has 0 radical (unpaired) electrons. The second-order valence-electron chi connectivity index (χ2n) is 2.52. The molecule has 0 bridgehead atoms. The standard InChI is InChI=1S/C8H9NO3S2/c9-5(7(10)11)4-14-8(12)6-2-1-3-13-6/h1-3,5H,4,9H2,(H,10,11). The highest BCUT2D eigenvalue weighted by molar-refractivity contribution is 8.14. The molecular weight excluding hydrogens is 222 g/mol. The number of hydrogen-bond donors (Lipinski definition) is 2. The van der Waals surface area contributed by atoms with E-state index in [9.17, 15) is 9.59 Å². The Morgan fingerprint density at radius 1 is 1.64 bits per heavy atom. The molecular formula is C8H9NO3S2. The molecule has 1 aromatic heterocycles. The van der Waals surface area contributed by atoms with E-state index in [1.807, 2.05) is 0 Å². The Balaban J connectivity index is 2.40. The normalized spacial score (nSPS) is 12.4. The zero-order chi connectivity index (χ0) is 10.6. The van der Waals surface area contributed by atoms with Gasteiger partial charge in [0.05, 0.1) is 4.88 Å². The van der Waals surface area contributed by atoms with E-state index in [1.165, 1.54) is 11.3 Å². The molecule has 0 saturated carbocycles. The molecule has 0 amide bonds. The van der Waals surface area contributed by atoms with Crippen LogP contribution in [0.4, 0.5) is 0 Å². The van der Waals surface area contributed by atoms with Crippen LogP contribution in [0.3, 0.4) is 0 Å². The predicted octanol–water partition coefficient (Wildman–Crippen LogP) is 1.03. The van der Waals surface area contributed by atoms with Gasteiger partial charge in [0.2, 0.25) is 5.12 Å². The predicted molar refractivity (Wildman–Crippen MR) is 56.7 cm³/mol. The molecule has 0 aromatic carbocycles. The van der Waals surface area contributed by atoms with Crippen molar-refractivity contribution in [2.75, 3.05) is 5.75 Å². The number of aliphatic carboxylic acids is 1. The number of carboxylic acids is 1. The molecule has 4 nitrogen and oxygen atoms in total. The molecule has 3 N–H and O–H groups in total. The van der Waals surface area contributed by atoms with Gasteiger partial charge >= 0.3 is 5.97 Å². The third kappa shape index (κ3) is 3.13. The highest BCUT2D eigenvalue weighted by atomic mass is 32.2. The quantitative estimate of drug-likeness (QED) is 0.809. The summed E-state index contributed by atoms with van der Waals surface area (Å²) in [6, 6.07) is 2.49. The number of carboxylic acid groups (broad SMARTS) is 1. The Morgan fingerprint density at radius 2 is 2.36 bits per heavy atom. The molecule has 6 heteroatoms. The number of nitrogens with two attached hydrogens (primary N) is 1. The van der Waals surface area contributed by atoms with Gasteiger partial charge in [-0.3, -0.25) is 9.59 Å². The van der Waals surface area contributed by atoms with Crippen LogP contribution in [-0.4, -0.2) is 28.0 Å². The van der Waals surface area contributed by atoms with Gasteiger partial charge in [-0.25, -0.2) is 0 Å². The van der Waals surface area contributed by atoms with Crippen LogP contribution in [0.1, 0.15) is 9.67 Å². The van der Waals surface area contributed by atoms with E-state index < -0.39 is 12.0 Å². The molecule has 76 valence electrons. The van der Waals surface area contributed by atoms with Crippen molar-refractivity contribution in [1.29, 1.82) is 0 Å². The average molecular weight is 231 g/mol. The Morgan fingerprint density at radius 3 is 2.86 bits per heavy atom. The van der Waals surface area contributed by atoms with Crippen LogP contribution in [0.25, 0.3) is 0 Å². The van der Waals surface area contributed by atoms with E-state index in [0.717, 1.165) is 11.8 Å². The number of rotatable bonds is 4. The summed E-state index contributed by atoms with van der Waals surface area (Å²) in [6.45, 7) is 0. The van der Waals surface area contributed by atoms with Crippen molar-refractivity contribution in [3.63, 3.8) is 0 Å². The molecule has 1 atom stereocenters. The van der Waals surface area contributed by atoms with Gasteiger partial charge in [-0.05, 0) is 11.4 Å². The summed E-state index contributed by atoms with van der Waals surface area (Å²) >= 11 is 2.27. The Kier molecular flexibility index (Phi) is 4.12. The minimum absolute atomic E-state index is 0.103. The first-order chi connectivity index (χ1) is 6.61. The molecule has 0 saturated heterocycles. The summed E-state index contributed by atoms with van der Waals surface area (Å²) in [7, 11) is 0. The Labute approximate surface area is 89.1 Å². The van der Waals surface area contributed by atoms with Crippen LogP contribution in [0.2, 0.25) is 0 Å². The van der Waals surface area contributed by atoms with Crippen molar-refractivity contribution in [3.05, 3.63) is 22.4 Å². The highest BCUT2D eigenvalue weighted by Crippen LogP contribution is 2.17. The van der Waals surface area contributed by atoms with E-state index in [4.69, 9.17) is 10.8 Å². The van der Waals surface area contributed by atoms with E-state index >= 15 is 0 Å². The van der Waals surface area contributed by atoms with Crippen LogP contribution in [0.15, 0.2) is 17.5 Å². The van der Waals surface area contributed by atoms with Crippen LogP contribution < -0.4 is 5.73 Å². The average Bonchev–Trinajstić information content (AvgIpc) is 2.66. The fraction of sp³-hybridized carbons (Fsp3) is 0.250. The van der Waals surface area contributed by atoms with Gasteiger partial charge in [0.1, 0.15) is 6.04 Å². The minimum atomic E-state index is -1.09. The number of thiophene rings is 1. The van der Waals surface area contributed by atoms with Gasteiger partial charge in [0, 0.05) is 5.75 Å². The topological polar surface area (TPSA) is 80.4 Å². The van der Waals surface area contributed by atoms with Crippen molar-refractivity contribution in [3.8, 4) is 0 Å². The van der Waals surface area contributed by atoms with E-state index in [-0.39, 0.29) is 10.9 Å². The van der Waals surface area contributed by atoms with Gasteiger partial charge in [-0.15, -0.1) is 11.3 Å². The van der Waals surface area contributed by atoms with Crippen molar-refractivity contribution >= 4 is 34.2 Å². The molecule has 1 heterocycles. The molecule has 1 aromatic rings. The summed E-state index contributed by atoms with van der Waals surface area (Å²) < 4.78 is 0. The van der Waals surface area contributed by atoms with Crippen LogP contribution in [-0.2, 0) is 4.79 Å². The summed E-state index contributed by atoms with van der Waals surface area (Å²) in [4.78, 5) is 22.3. The first-order valence-corrected chi connectivity index (χ1v) is 5.67. The van der Waals surface area contributed by atoms with Crippen molar-refractivity contribution in [1.82, 2.24) is 0 Å². The van der Waals surface area contributed by atoms with Gasteiger partial charge in [-0.2, -0.15) is 0 Å². The lowest BCUT2D eigenvalue weighted by Gasteiger charge is -2.03. The van der Waals surface area contributed by atoms with Gasteiger partial charge in [0.15, 0.2) is 0 Å². The largest absolute Gasteiger partial charge is 0.480 e. The molecule has 0 aliphatic carbocycles. The van der Waals surface area contributed by atoms with Gasteiger partial charge < -0.3 is 10.8 Å². The fourth-order valence-electron chi connectivity index (χ4n) is 0.703. The maximum Gasteiger partial charge on any atom is 0.321 e. The monoisotopic (exact) mass is 231 g/mol. The summed E-state index contributed by atoms with van der Waals surface area (Å²) in [5.41, 5.74) is 5.25. The lowest BCUT2D eigenvalue weighted by molar-refractivity contribution is -0.137. The van der Waals surface area contributed by atoms with Crippen LogP contribution >= 0.6 is 23.1 Å².